The Hall–Kier alpha value is -3.21. The van der Waals surface area contributed by atoms with Gasteiger partial charge >= 0.3 is 0 Å². The molecule has 0 spiro atoms. The van der Waals surface area contributed by atoms with Crippen LogP contribution >= 0.6 is 0 Å². The Morgan fingerprint density at radius 3 is 2.88 bits per heavy atom. The van der Waals surface area contributed by atoms with Crippen LogP contribution < -0.4 is 5.32 Å². The zero-order valence-corrected chi connectivity index (χ0v) is 23.4. The normalized spacial score (nSPS) is 35.2. The van der Waals surface area contributed by atoms with Crippen LogP contribution in [0.5, 0.6) is 0 Å². The maximum Gasteiger partial charge on any atom is 0.280 e. The molecule has 1 aromatic heterocycles. The maximum absolute atomic E-state index is 14.0. The maximum atomic E-state index is 14.0. The summed E-state index contributed by atoms with van der Waals surface area (Å²) in [4.78, 5) is 49.7. The van der Waals surface area contributed by atoms with E-state index in [0.29, 0.717) is 25.9 Å². The molecule has 1 aromatic carbocycles. The molecule has 1 aliphatic carbocycles. The van der Waals surface area contributed by atoms with E-state index in [9.17, 15) is 19.5 Å². The predicted octanol–water partition coefficient (Wildman–Crippen LogP) is 1.79. The number of aliphatic hydroxyl groups is 1. The van der Waals surface area contributed by atoms with Gasteiger partial charge in [0.05, 0.1) is 5.92 Å². The van der Waals surface area contributed by atoms with Gasteiger partial charge in [0.15, 0.2) is 0 Å². The van der Waals surface area contributed by atoms with E-state index in [2.05, 4.69) is 33.5 Å². The molecule has 7 rings (SSSR count). The first kappa shape index (κ1) is 25.7. The highest BCUT2D eigenvalue weighted by Crippen LogP contribution is 2.46. The average Bonchev–Trinajstić information content (AvgIpc) is 3.60. The Labute approximate surface area is 233 Å². The molecular formula is C30H37N5O5. The van der Waals surface area contributed by atoms with Gasteiger partial charge in [0.1, 0.15) is 12.1 Å². The van der Waals surface area contributed by atoms with Crippen molar-refractivity contribution in [2.45, 2.75) is 76.2 Å². The second-order valence-corrected chi connectivity index (χ2v) is 12.7. The highest BCUT2D eigenvalue weighted by Gasteiger charge is 2.70. The fraction of sp³-hybridized carbons (Fsp3) is 0.567. The van der Waals surface area contributed by atoms with Gasteiger partial charge < -0.3 is 20.3 Å². The summed E-state index contributed by atoms with van der Waals surface area (Å²) in [5.74, 6) is -3.48. The SMILES string of the molecule is CC(C)C[C@H]1C(=O)N2CCC[C@H]2C2(O)O[C@@](C)(NC(=O)[C@H]3C=C4c5cccc6[nH]cc(c56)C[C@H]4N(C)C3)C(=O)N12. The Kier molecular flexibility index (Phi) is 5.56. The van der Waals surface area contributed by atoms with Gasteiger partial charge in [-0.25, -0.2) is 0 Å². The van der Waals surface area contributed by atoms with E-state index >= 15 is 0 Å². The lowest BCUT2D eigenvalue weighted by Crippen LogP contribution is -2.71. The smallest absolute Gasteiger partial charge is 0.280 e. The van der Waals surface area contributed by atoms with E-state index in [-0.39, 0.29) is 23.8 Å². The molecule has 2 aromatic rings. The second kappa shape index (κ2) is 8.64. The number of ether oxygens (including phenoxy) is 1. The lowest BCUT2D eigenvalue weighted by molar-refractivity contribution is -0.315. The van der Waals surface area contributed by atoms with Crippen molar-refractivity contribution in [2.75, 3.05) is 20.1 Å². The molecule has 0 radical (unpaired) electrons. The zero-order valence-electron chi connectivity index (χ0n) is 23.4. The number of hydrogen-bond donors (Lipinski definition) is 3. The fourth-order valence-corrected chi connectivity index (χ4v) is 7.76. The van der Waals surface area contributed by atoms with Crippen molar-refractivity contribution in [1.82, 2.24) is 25.0 Å². The van der Waals surface area contributed by atoms with Crippen molar-refractivity contribution >= 4 is 34.2 Å². The molecule has 5 aliphatic rings. The number of fused-ring (bicyclic) bond motifs is 5. The van der Waals surface area contributed by atoms with Gasteiger partial charge in [0, 0.05) is 36.2 Å². The number of rotatable bonds is 4. The summed E-state index contributed by atoms with van der Waals surface area (Å²) in [7, 11) is 2.02. The molecule has 3 fully saturated rings. The lowest BCUT2D eigenvalue weighted by atomic mass is 9.79. The van der Waals surface area contributed by atoms with Crippen LogP contribution in [-0.2, 0) is 25.5 Å². The minimum absolute atomic E-state index is 0.115. The topological polar surface area (TPSA) is 118 Å². The number of carbonyl (C=O) groups is 3. The van der Waals surface area contributed by atoms with E-state index in [1.165, 1.54) is 22.8 Å². The summed E-state index contributed by atoms with van der Waals surface area (Å²) in [5, 5.41) is 15.9. The Morgan fingerprint density at radius 2 is 2.10 bits per heavy atom. The number of benzene rings is 1. The van der Waals surface area contributed by atoms with Crippen molar-refractivity contribution in [3.8, 4) is 0 Å². The molecule has 3 amide bonds. The van der Waals surface area contributed by atoms with Crippen molar-refractivity contribution < 1.29 is 24.2 Å². The van der Waals surface area contributed by atoms with Gasteiger partial charge in [0.25, 0.3) is 11.8 Å². The van der Waals surface area contributed by atoms with Gasteiger partial charge in [-0.05, 0) is 68.3 Å². The van der Waals surface area contributed by atoms with Crippen LogP contribution in [0.2, 0.25) is 0 Å². The molecule has 10 heteroatoms. The second-order valence-electron chi connectivity index (χ2n) is 12.7. The molecule has 0 saturated carbocycles. The van der Waals surface area contributed by atoms with Crippen LogP contribution in [0.3, 0.4) is 0 Å². The number of aromatic amines is 1. The minimum Gasteiger partial charge on any atom is -0.361 e. The third kappa shape index (κ3) is 3.48. The van der Waals surface area contributed by atoms with Gasteiger partial charge in [-0.15, -0.1) is 0 Å². The first-order valence-corrected chi connectivity index (χ1v) is 14.4. The van der Waals surface area contributed by atoms with Crippen LogP contribution in [0.4, 0.5) is 0 Å². The minimum atomic E-state index is -1.99. The van der Waals surface area contributed by atoms with Crippen molar-refractivity contribution in [3.05, 3.63) is 41.6 Å². The summed E-state index contributed by atoms with van der Waals surface area (Å²) in [6, 6.07) is 4.84. The third-order valence-corrected chi connectivity index (χ3v) is 9.55. The van der Waals surface area contributed by atoms with Gasteiger partial charge in [-0.2, -0.15) is 0 Å². The van der Waals surface area contributed by atoms with Crippen LogP contribution in [0.25, 0.3) is 16.5 Å². The number of piperazine rings is 1. The molecule has 6 atom stereocenters. The third-order valence-electron chi connectivity index (χ3n) is 9.55. The molecule has 212 valence electrons. The van der Waals surface area contributed by atoms with E-state index < -0.39 is 35.5 Å². The van der Waals surface area contributed by atoms with Gasteiger partial charge in [0.2, 0.25) is 17.5 Å². The molecule has 3 saturated heterocycles. The number of aromatic nitrogens is 1. The van der Waals surface area contributed by atoms with Crippen LogP contribution in [0.1, 0.15) is 51.2 Å². The van der Waals surface area contributed by atoms with E-state index in [4.69, 9.17) is 4.74 Å². The molecule has 0 bridgehead atoms. The molecule has 4 aliphatic heterocycles. The summed E-state index contributed by atoms with van der Waals surface area (Å²) >= 11 is 0. The van der Waals surface area contributed by atoms with Crippen LogP contribution in [0, 0.1) is 11.8 Å². The molecule has 40 heavy (non-hydrogen) atoms. The number of hydrogen-bond acceptors (Lipinski definition) is 6. The Bertz CT molecular complexity index is 1470. The Morgan fingerprint density at radius 1 is 1.30 bits per heavy atom. The molecule has 3 N–H and O–H groups in total. The van der Waals surface area contributed by atoms with Crippen molar-refractivity contribution in [2.24, 2.45) is 11.8 Å². The molecule has 10 nitrogen and oxygen atoms in total. The number of likely N-dealkylation sites (N-methyl/N-ethyl adjacent to an activating group) is 1. The van der Waals surface area contributed by atoms with Crippen LogP contribution in [0.15, 0.2) is 30.5 Å². The lowest BCUT2D eigenvalue weighted by Gasteiger charge is -2.49. The predicted molar refractivity (Wildman–Crippen MR) is 147 cm³/mol. The van der Waals surface area contributed by atoms with Crippen molar-refractivity contribution in [1.29, 1.82) is 0 Å². The monoisotopic (exact) mass is 547 g/mol. The summed E-state index contributed by atoms with van der Waals surface area (Å²) < 4.78 is 6.17. The summed E-state index contributed by atoms with van der Waals surface area (Å²) in [6.07, 6.45) is 6.61. The molecular weight excluding hydrogens is 510 g/mol. The van der Waals surface area contributed by atoms with Crippen LogP contribution in [-0.4, -0.2) is 92.4 Å². The van der Waals surface area contributed by atoms with E-state index in [0.717, 1.165) is 29.5 Å². The van der Waals surface area contributed by atoms with Gasteiger partial charge in [-0.1, -0.05) is 32.1 Å². The van der Waals surface area contributed by atoms with Gasteiger partial charge in [-0.3, -0.25) is 28.9 Å². The number of nitrogens with one attached hydrogen (secondary N) is 2. The number of amides is 3. The first-order chi connectivity index (χ1) is 19.0. The highest BCUT2D eigenvalue weighted by molar-refractivity contribution is 6.00. The highest BCUT2D eigenvalue weighted by atomic mass is 16.7. The average molecular weight is 548 g/mol. The quantitative estimate of drug-likeness (QED) is 0.537. The number of carbonyl (C=O) groups excluding carboxylic acids is 3. The first-order valence-electron chi connectivity index (χ1n) is 14.4. The van der Waals surface area contributed by atoms with E-state index in [1.807, 2.05) is 33.0 Å². The van der Waals surface area contributed by atoms with E-state index in [1.54, 1.807) is 4.90 Å². The fourth-order valence-electron chi connectivity index (χ4n) is 7.76. The standard InChI is InChI=1S/C30H37N5O5/c1-16(2)11-23-27(37)34-10-6-9-24(34)30(39)35(23)28(38)29(3,40-30)32-26(36)18-12-20-19-7-5-8-21-25(19)17(14-31-21)13-22(20)33(4)15-18/h5,7-8,12,14,16,18,22-24,31,39H,6,9-11,13,15H2,1-4H3,(H,32,36)/t18-,22+,23-,24-,29+,30?/m0/s1. The largest absolute Gasteiger partial charge is 0.361 e. The molecule has 5 heterocycles. The summed E-state index contributed by atoms with van der Waals surface area (Å²) in [6.45, 7) is 6.46. The summed E-state index contributed by atoms with van der Waals surface area (Å²) in [5.41, 5.74) is 2.78. The molecule has 1 unspecified atom stereocenters. The van der Waals surface area contributed by atoms with Crippen molar-refractivity contribution in [3.63, 3.8) is 0 Å². The number of H-pyrrole nitrogens is 1. The Balaban J connectivity index is 1.20. The zero-order chi connectivity index (χ0) is 28.1. The number of nitrogens with zero attached hydrogens (tertiary/aromatic N) is 3.